The van der Waals surface area contributed by atoms with Gasteiger partial charge in [0, 0.05) is 21.8 Å². The lowest BCUT2D eigenvalue weighted by Crippen LogP contribution is -2.35. The van der Waals surface area contributed by atoms with Crippen LogP contribution in [0.25, 0.3) is 11.1 Å². The molecule has 0 amide bonds. The van der Waals surface area contributed by atoms with Crippen molar-refractivity contribution in [2.75, 3.05) is 18.4 Å². The van der Waals surface area contributed by atoms with Crippen LogP contribution in [0.15, 0.2) is 28.7 Å². The molecule has 3 rings (SSSR count). The second-order valence-corrected chi connectivity index (χ2v) is 6.16. The van der Waals surface area contributed by atoms with Gasteiger partial charge >= 0.3 is 0 Å². The second-order valence-electron chi connectivity index (χ2n) is 5.25. The predicted octanol–water partition coefficient (Wildman–Crippen LogP) is 3.31. The zero-order chi connectivity index (χ0) is 13.9. The number of hydrogen-bond donors (Lipinski definition) is 3. The van der Waals surface area contributed by atoms with Crippen molar-refractivity contribution in [3.8, 4) is 11.1 Å². The van der Waals surface area contributed by atoms with Crippen LogP contribution in [0.1, 0.15) is 18.5 Å². The summed E-state index contributed by atoms with van der Waals surface area (Å²) in [5, 5.41) is 14.5. The minimum atomic E-state index is 0.508. The minimum absolute atomic E-state index is 0.508. The number of halogens is 1. The van der Waals surface area contributed by atoms with Gasteiger partial charge in [-0.2, -0.15) is 5.10 Å². The highest BCUT2D eigenvalue weighted by Crippen LogP contribution is 2.31. The number of aryl methyl sites for hydroxylation is 1. The molecule has 0 aliphatic carbocycles. The fraction of sp³-hybridized carbons (Fsp3) is 0.400. The van der Waals surface area contributed by atoms with E-state index in [2.05, 4.69) is 68.0 Å². The molecule has 0 saturated carbocycles. The summed E-state index contributed by atoms with van der Waals surface area (Å²) in [6.07, 6.45) is 2.29. The van der Waals surface area contributed by atoms with Crippen LogP contribution >= 0.6 is 15.9 Å². The molecule has 3 N–H and O–H groups in total. The second kappa shape index (κ2) is 5.97. The van der Waals surface area contributed by atoms with E-state index in [1.807, 2.05) is 0 Å². The van der Waals surface area contributed by atoms with Gasteiger partial charge in [0.25, 0.3) is 0 Å². The molecule has 20 heavy (non-hydrogen) atoms. The standard InChI is InChI=1S/C15H19BrN4/c1-10-14(11-2-4-12(16)5-3-11)15(20-19-10)18-13-6-8-17-9-7-13/h2-5,13,17H,6-9H2,1H3,(H2,18,19,20). The van der Waals surface area contributed by atoms with Gasteiger partial charge in [-0.05, 0) is 50.6 Å². The third-order valence-corrected chi connectivity index (χ3v) is 4.29. The van der Waals surface area contributed by atoms with Crippen LogP contribution < -0.4 is 10.6 Å². The Bertz CT molecular complexity index is 570. The first kappa shape index (κ1) is 13.6. The molecule has 1 aliphatic rings. The highest BCUT2D eigenvalue weighted by atomic mass is 79.9. The van der Waals surface area contributed by atoms with Crippen molar-refractivity contribution >= 4 is 21.7 Å². The van der Waals surface area contributed by atoms with Crippen LogP contribution in [0.4, 0.5) is 5.82 Å². The zero-order valence-corrected chi connectivity index (χ0v) is 13.1. The Balaban J connectivity index is 1.86. The van der Waals surface area contributed by atoms with E-state index in [1.165, 1.54) is 11.1 Å². The lowest BCUT2D eigenvalue weighted by molar-refractivity contribution is 0.478. The predicted molar refractivity (Wildman–Crippen MR) is 86.0 cm³/mol. The van der Waals surface area contributed by atoms with E-state index in [9.17, 15) is 0 Å². The van der Waals surface area contributed by atoms with E-state index in [0.29, 0.717) is 6.04 Å². The molecule has 5 heteroatoms. The van der Waals surface area contributed by atoms with Crippen molar-refractivity contribution in [2.24, 2.45) is 0 Å². The van der Waals surface area contributed by atoms with E-state index in [4.69, 9.17) is 0 Å². The van der Waals surface area contributed by atoms with E-state index in [-0.39, 0.29) is 0 Å². The molecule has 0 bridgehead atoms. The highest BCUT2D eigenvalue weighted by molar-refractivity contribution is 9.10. The molecule has 1 aliphatic heterocycles. The Morgan fingerprint density at radius 1 is 1.20 bits per heavy atom. The largest absolute Gasteiger partial charge is 0.365 e. The van der Waals surface area contributed by atoms with Gasteiger partial charge in [-0.15, -0.1) is 0 Å². The SMILES string of the molecule is Cc1[nH]nc(NC2CCNCC2)c1-c1ccc(Br)cc1. The Morgan fingerprint density at radius 3 is 2.60 bits per heavy atom. The van der Waals surface area contributed by atoms with Crippen molar-refractivity contribution in [1.29, 1.82) is 0 Å². The topological polar surface area (TPSA) is 52.7 Å². The molecule has 1 aromatic heterocycles. The lowest BCUT2D eigenvalue weighted by atomic mass is 10.0. The van der Waals surface area contributed by atoms with E-state index >= 15 is 0 Å². The Morgan fingerprint density at radius 2 is 1.90 bits per heavy atom. The van der Waals surface area contributed by atoms with Crippen molar-refractivity contribution in [1.82, 2.24) is 15.5 Å². The molecular formula is C15H19BrN4. The fourth-order valence-electron chi connectivity index (χ4n) is 2.66. The Hall–Kier alpha value is -1.33. The fourth-order valence-corrected chi connectivity index (χ4v) is 2.93. The van der Waals surface area contributed by atoms with Crippen LogP contribution in [0.5, 0.6) is 0 Å². The van der Waals surface area contributed by atoms with Crippen molar-refractivity contribution in [2.45, 2.75) is 25.8 Å². The number of piperidine rings is 1. The summed E-state index contributed by atoms with van der Waals surface area (Å²) in [7, 11) is 0. The van der Waals surface area contributed by atoms with Crippen molar-refractivity contribution < 1.29 is 0 Å². The maximum atomic E-state index is 4.44. The summed E-state index contributed by atoms with van der Waals surface area (Å²) in [5.74, 6) is 0.969. The van der Waals surface area contributed by atoms with E-state index < -0.39 is 0 Å². The van der Waals surface area contributed by atoms with Crippen LogP contribution in [-0.2, 0) is 0 Å². The molecule has 2 aromatic rings. The smallest absolute Gasteiger partial charge is 0.156 e. The number of nitrogens with zero attached hydrogens (tertiary/aromatic N) is 1. The van der Waals surface area contributed by atoms with Gasteiger partial charge in [0.2, 0.25) is 0 Å². The molecule has 2 heterocycles. The Kier molecular flexibility index (Phi) is 4.08. The van der Waals surface area contributed by atoms with Gasteiger partial charge < -0.3 is 10.6 Å². The number of nitrogens with one attached hydrogen (secondary N) is 3. The molecule has 0 unspecified atom stereocenters. The summed E-state index contributed by atoms with van der Waals surface area (Å²) in [5.41, 5.74) is 3.47. The summed E-state index contributed by atoms with van der Waals surface area (Å²) in [4.78, 5) is 0. The molecule has 0 radical (unpaired) electrons. The zero-order valence-electron chi connectivity index (χ0n) is 11.5. The number of aromatic nitrogens is 2. The summed E-state index contributed by atoms with van der Waals surface area (Å²) >= 11 is 3.48. The molecule has 0 atom stereocenters. The molecule has 0 spiro atoms. The van der Waals surface area contributed by atoms with Gasteiger partial charge in [-0.25, -0.2) is 0 Å². The average Bonchev–Trinajstić information content (AvgIpc) is 2.82. The van der Waals surface area contributed by atoms with Gasteiger partial charge in [0.05, 0.1) is 0 Å². The number of H-pyrrole nitrogens is 1. The van der Waals surface area contributed by atoms with Gasteiger partial charge in [-0.1, -0.05) is 28.1 Å². The first-order valence-electron chi connectivity index (χ1n) is 7.02. The Labute approximate surface area is 127 Å². The minimum Gasteiger partial charge on any atom is -0.365 e. The van der Waals surface area contributed by atoms with Crippen molar-refractivity contribution in [3.63, 3.8) is 0 Å². The molecule has 1 saturated heterocycles. The number of benzene rings is 1. The van der Waals surface area contributed by atoms with Gasteiger partial charge in [0.15, 0.2) is 5.82 Å². The van der Waals surface area contributed by atoms with Gasteiger partial charge in [-0.3, -0.25) is 5.10 Å². The molecule has 1 fully saturated rings. The van der Waals surface area contributed by atoms with Crippen LogP contribution in [0.3, 0.4) is 0 Å². The normalized spacial score (nSPS) is 16.3. The average molecular weight is 335 g/mol. The van der Waals surface area contributed by atoms with Crippen LogP contribution in [0.2, 0.25) is 0 Å². The summed E-state index contributed by atoms with van der Waals surface area (Å²) in [6.45, 7) is 4.22. The monoisotopic (exact) mass is 334 g/mol. The van der Waals surface area contributed by atoms with Crippen LogP contribution in [-0.4, -0.2) is 29.3 Å². The van der Waals surface area contributed by atoms with Crippen molar-refractivity contribution in [3.05, 3.63) is 34.4 Å². The van der Waals surface area contributed by atoms with E-state index in [1.54, 1.807) is 0 Å². The summed E-state index contributed by atoms with van der Waals surface area (Å²) in [6, 6.07) is 8.88. The summed E-state index contributed by atoms with van der Waals surface area (Å²) < 4.78 is 1.09. The maximum Gasteiger partial charge on any atom is 0.156 e. The number of hydrogen-bond acceptors (Lipinski definition) is 3. The number of rotatable bonds is 3. The highest BCUT2D eigenvalue weighted by Gasteiger charge is 2.18. The molecule has 4 nitrogen and oxygen atoms in total. The maximum absolute atomic E-state index is 4.44. The first-order chi connectivity index (χ1) is 9.74. The first-order valence-corrected chi connectivity index (χ1v) is 7.81. The third-order valence-electron chi connectivity index (χ3n) is 3.76. The molecular weight excluding hydrogens is 316 g/mol. The molecule has 106 valence electrons. The third kappa shape index (κ3) is 2.88. The van der Waals surface area contributed by atoms with E-state index in [0.717, 1.165) is 41.9 Å². The number of anilines is 1. The molecule has 1 aromatic carbocycles. The number of aromatic amines is 1. The quantitative estimate of drug-likeness (QED) is 0.807. The van der Waals surface area contributed by atoms with Gasteiger partial charge in [0.1, 0.15) is 0 Å². The van der Waals surface area contributed by atoms with Crippen LogP contribution in [0, 0.1) is 6.92 Å². The lowest BCUT2D eigenvalue weighted by Gasteiger charge is -2.24.